The number of amides is 1. The molecule has 1 aromatic rings. The highest BCUT2D eigenvalue weighted by molar-refractivity contribution is 5.78. The molecule has 0 spiro atoms. The van der Waals surface area contributed by atoms with E-state index >= 15 is 0 Å². The van der Waals surface area contributed by atoms with Crippen LogP contribution in [-0.2, 0) is 17.9 Å². The van der Waals surface area contributed by atoms with Crippen LogP contribution in [0.15, 0.2) is 24.3 Å². The van der Waals surface area contributed by atoms with Crippen molar-refractivity contribution < 1.29 is 4.79 Å². The normalized spacial score (nSPS) is 15.0. The van der Waals surface area contributed by atoms with Crippen LogP contribution >= 0.6 is 0 Å². The van der Waals surface area contributed by atoms with Crippen LogP contribution in [0.3, 0.4) is 0 Å². The van der Waals surface area contributed by atoms with E-state index in [0.29, 0.717) is 13.1 Å². The van der Waals surface area contributed by atoms with Gasteiger partial charge in [-0.2, -0.15) is 0 Å². The zero-order valence-electron chi connectivity index (χ0n) is 8.99. The molecular weight excluding hydrogens is 188 g/mol. The quantitative estimate of drug-likeness (QED) is 0.800. The summed E-state index contributed by atoms with van der Waals surface area (Å²) >= 11 is 0. The molecule has 2 rings (SSSR count). The number of rotatable bonds is 3. The molecule has 0 aromatic heterocycles. The third-order valence-electron chi connectivity index (χ3n) is 2.65. The Labute approximate surface area is 90.1 Å². The van der Waals surface area contributed by atoms with Gasteiger partial charge >= 0.3 is 0 Å². The van der Waals surface area contributed by atoms with E-state index in [0.717, 1.165) is 13.1 Å². The van der Waals surface area contributed by atoms with Crippen LogP contribution in [-0.4, -0.2) is 23.9 Å². The number of fused-ring (bicyclic) bond motifs is 1. The van der Waals surface area contributed by atoms with Gasteiger partial charge in [0, 0.05) is 19.6 Å². The highest BCUT2D eigenvalue weighted by Crippen LogP contribution is 2.21. The molecule has 0 atom stereocenters. The molecule has 1 heterocycles. The number of likely N-dealkylation sites (N-methyl/N-ethyl adjacent to an activating group) is 1. The first-order valence-corrected chi connectivity index (χ1v) is 5.35. The Balaban J connectivity index is 1.93. The predicted octanol–water partition coefficient (Wildman–Crippen LogP) is 1.14. The Kier molecular flexibility index (Phi) is 3.02. The molecule has 0 saturated heterocycles. The first-order chi connectivity index (χ1) is 7.29. The summed E-state index contributed by atoms with van der Waals surface area (Å²) in [4.78, 5) is 13.6. The van der Waals surface area contributed by atoms with E-state index in [1.807, 2.05) is 6.92 Å². The molecule has 1 N–H and O–H groups in total. The topological polar surface area (TPSA) is 32.3 Å². The van der Waals surface area contributed by atoms with Crippen LogP contribution in [0.5, 0.6) is 0 Å². The van der Waals surface area contributed by atoms with Gasteiger partial charge in [0.05, 0.1) is 6.54 Å². The van der Waals surface area contributed by atoms with Crippen molar-refractivity contribution in [1.82, 2.24) is 10.2 Å². The molecule has 80 valence electrons. The van der Waals surface area contributed by atoms with Crippen LogP contribution in [0.4, 0.5) is 0 Å². The summed E-state index contributed by atoms with van der Waals surface area (Å²) in [5.41, 5.74) is 2.70. The fraction of sp³-hybridized carbons (Fsp3) is 0.417. The molecule has 0 aliphatic carbocycles. The van der Waals surface area contributed by atoms with E-state index < -0.39 is 0 Å². The first-order valence-electron chi connectivity index (χ1n) is 5.35. The SMILES string of the molecule is CCNC(=O)CN1Cc2ccccc2C1. The number of nitrogens with zero attached hydrogens (tertiary/aromatic N) is 1. The van der Waals surface area contributed by atoms with Crippen LogP contribution in [0.2, 0.25) is 0 Å². The summed E-state index contributed by atoms with van der Waals surface area (Å²) in [6, 6.07) is 8.36. The average Bonchev–Trinajstić information content (AvgIpc) is 2.59. The fourth-order valence-corrected chi connectivity index (χ4v) is 1.97. The summed E-state index contributed by atoms with van der Waals surface area (Å²) in [5, 5.41) is 2.82. The summed E-state index contributed by atoms with van der Waals surface area (Å²) in [6.45, 7) is 4.94. The van der Waals surface area contributed by atoms with E-state index in [4.69, 9.17) is 0 Å². The van der Waals surface area contributed by atoms with Gasteiger partial charge in [-0.05, 0) is 18.1 Å². The molecule has 0 radical (unpaired) electrons. The summed E-state index contributed by atoms with van der Waals surface area (Å²) in [7, 11) is 0. The van der Waals surface area contributed by atoms with E-state index in [1.54, 1.807) is 0 Å². The fourth-order valence-electron chi connectivity index (χ4n) is 1.97. The monoisotopic (exact) mass is 204 g/mol. The Morgan fingerprint density at radius 1 is 1.33 bits per heavy atom. The summed E-state index contributed by atoms with van der Waals surface area (Å²) < 4.78 is 0. The van der Waals surface area contributed by atoms with E-state index in [9.17, 15) is 4.79 Å². The van der Waals surface area contributed by atoms with Gasteiger partial charge in [-0.15, -0.1) is 0 Å². The minimum atomic E-state index is 0.116. The second-order valence-electron chi connectivity index (χ2n) is 3.87. The van der Waals surface area contributed by atoms with E-state index in [1.165, 1.54) is 11.1 Å². The maximum atomic E-state index is 11.4. The van der Waals surface area contributed by atoms with E-state index in [2.05, 4.69) is 34.5 Å². The molecule has 0 saturated carbocycles. The lowest BCUT2D eigenvalue weighted by molar-refractivity contribution is -0.122. The molecule has 0 bridgehead atoms. The molecule has 0 unspecified atom stereocenters. The predicted molar refractivity (Wildman–Crippen MR) is 59.2 cm³/mol. The molecule has 1 aromatic carbocycles. The zero-order valence-corrected chi connectivity index (χ0v) is 8.99. The average molecular weight is 204 g/mol. The maximum absolute atomic E-state index is 11.4. The van der Waals surface area contributed by atoms with Crippen molar-refractivity contribution in [3.63, 3.8) is 0 Å². The highest BCUT2D eigenvalue weighted by atomic mass is 16.2. The first kappa shape index (κ1) is 10.2. The molecule has 3 heteroatoms. The molecular formula is C12H16N2O. The van der Waals surface area contributed by atoms with Crippen molar-refractivity contribution in [2.45, 2.75) is 20.0 Å². The largest absolute Gasteiger partial charge is 0.355 e. The summed E-state index contributed by atoms with van der Waals surface area (Å²) in [5.74, 6) is 0.116. The Hall–Kier alpha value is -1.35. The number of benzene rings is 1. The van der Waals surface area contributed by atoms with Gasteiger partial charge in [0.25, 0.3) is 0 Å². The number of carbonyl (C=O) groups is 1. The van der Waals surface area contributed by atoms with Crippen LogP contribution in [0.25, 0.3) is 0 Å². The second-order valence-corrected chi connectivity index (χ2v) is 3.87. The van der Waals surface area contributed by atoms with Gasteiger partial charge in [-0.1, -0.05) is 24.3 Å². The van der Waals surface area contributed by atoms with Gasteiger partial charge in [0.15, 0.2) is 0 Å². The third-order valence-corrected chi connectivity index (χ3v) is 2.65. The minimum absolute atomic E-state index is 0.116. The Bertz CT molecular complexity index is 337. The summed E-state index contributed by atoms with van der Waals surface area (Å²) in [6.07, 6.45) is 0. The minimum Gasteiger partial charge on any atom is -0.355 e. The van der Waals surface area contributed by atoms with Gasteiger partial charge in [0.2, 0.25) is 5.91 Å². The molecule has 3 nitrogen and oxygen atoms in total. The number of hydrogen-bond donors (Lipinski definition) is 1. The van der Waals surface area contributed by atoms with Gasteiger partial charge in [-0.3, -0.25) is 9.69 Å². The smallest absolute Gasteiger partial charge is 0.234 e. The van der Waals surface area contributed by atoms with Crippen molar-refractivity contribution in [3.8, 4) is 0 Å². The molecule has 0 fully saturated rings. The standard InChI is InChI=1S/C12H16N2O/c1-2-13-12(15)9-14-7-10-5-3-4-6-11(10)8-14/h3-6H,2,7-9H2,1H3,(H,13,15). The van der Waals surface area contributed by atoms with Gasteiger partial charge in [0.1, 0.15) is 0 Å². The van der Waals surface area contributed by atoms with Crippen LogP contribution in [0.1, 0.15) is 18.1 Å². The number of hydrogen-bond acceptors (Lipinski definition) is 2. The van der Waals surface area contributed by atoms with Gasteiger partial charge in [-0.25, -0.2) is 0 Å². The molecule has 1 amide bonds. The van der Waals surface area contributed by atoms with E-state index in [-0.39, 0.29) is 5.91 Å². The lowest BCUT2D eigenvalue weighted by Gasteiger charge is -2.13. The number of carbonyl (C=O) groups excluding carboxylic acids is 1. The van der Waals surface area contributed by atoms with Gasteiger partial charge < -0.3 is 5.32 Å². The van der Waals surface area contributed by atoms with Crippen molar-refractivity contribution in [2.24, 2.45) is 0 Å². The van der Waals surface area contributed by atoms with Crippen molar-refractivity contribution in [2.75, 3.05) is 13.1 Å². The maximum Gasteiger partial charge on any atom is 0.234 e. The van der Waals surface area contributed by atoms with Crippen LogP contribution < -0.4 is 5.32 Å². The second kappa shape index (κ2) is 4.45. The third kappa shape index (κ3) is 2.36. The Morgan fingerprint density at radius 3 is 2.47 bits per heavy atom. The zero-order chi connectivity index (χ0) is 10.7. The van der Waals surface area contributed by atoms with Crippen molar-refractivity contribution in [3.05, 3.63) is 35.4 Å². The molecule has 1 aliphatic rings. The molecule has 15 heavy (non-hydrogen) atoms. The van der Waals surface area contributed by atoms with Crippen molar-refractivity contribution >= 4 is 5.91 Å². The Morgan fingerprint density at radius 2 is 1.93 bits per heavy atom. The highest BCUT2D eigenvalue weighted by Gasteiger charge is 2.19. The lowest BCUT2D eigenvalue weighted by atomic mass is 10.1. The van der Waals surface area contributed by atoms with Crippen molar-refractivity contribution in [1.29, 1.82) is 0 Å². The lowest BCUT2D eigenvalue weighted by Crippen LogP contribution is -2.34. The molecule has 1 aliphatic heterocycles. The van der Waals surface area contributed by atoms with Crippen LogP contribution in [0, 0.1) is 0 Å². The number of nitrogens with one attached hydrogen (secondary N) is 1.